The molecule has 0 aliphatic heterocycles. The molecule has 7 heteroatoms. The third kappa shape index (κ3) is 2.71. The van der Waals surface area contributed by atoms with Gasteiger partial charge >= 0.3 is 5.97 Å². The Hall–Kier alpha value is -2.57. The van der Waals surface area contributed by atoms with Gasteiger partial charge in [0.05, 0.1) is 18.4 Å². The van der Waals surface area contributed by atoms with E-state index in [0.717, 1.165) is 0 Å². The van der Waals surface area contributed by atoms with E-state index in [2.05, 4.69) is 19.9 Å². The summed E-state index contributed by atoms with van der Waals surface area (Å²) in [7, 11) is 1.50. The van der Waals surface area contributed by atoms with Gasteiger partial charge < -0.3 is 9.84 Å². The van der Waals surface area contributed by atoms with Gasteiger partial charge in [-0.05, 0) is 5.92 Å². The van der Waals surface area contributed by atoms with Crippen LogP contribution < -0.4 is 4.74 Å². The third-order valence-electron chi connectivity index (χ3n) is 2.68. The largest absolute Gasteiger partial charge is 0.481 e. The quantitative estimate of drug-likeness (QED) is 0.906. The monoisotopic (exact) mass is 274 g/mol. The fourth-order valence-electron chi connectivity index (χ4n) is 1.70. The first-order chi connectivity index (χ1) is 9.52. The molecule has 0 unspecified atom stereocenters. The highest BCUT2D eigenvalue weighted by molar-refractivity contribution is 5.88. The fraction of sp³-hybridized carbons (Fsp3) is 0.308. The summed E-state index contributed by atoms with van der Waals surface area (Å²) in [5.41, 5.74) is 1.06. The van der Waals surface area contributed by atoms with Crippen LogP contribution in [-0.4, -0.2) is 38.1 Å². The number of rotatable bonds is 4. The summed E-state index contributed by atoms with van der Waals surface area (Å²) >= 11 is 0. The summed E-state index contributed by atoms with van der Waals surface area (Å²) in [4.78, 5) is 27.5. The zero-order chi connectivity index (χ0) is 14.7. The smallest absolute Gasteiger partial charge is 0.339 e. The molecule has 2 aromatic heterocycles. The SMILES string of the molecule is COc1cc(-c2ncc(C(=O)O)c(C(C)C)n2)ncn1. The van der Waals surface area contributed by atoms with Crippen molar-refractivity contribution in [2.75, 3.05) is 7.11 Å². The highest BCUT2D eigenvalue weighted by atomic mass is 16.5. The summed E-state index contributed by atoms with van der Waals surface area (Å²) < 4.78 is 5.02. The van der Waals surface area contributed by atoms with E-state index < -0.39 is 5.97 Å². The Morgan fingerprint density at radius 1 is 1.30 bits per heavy atom. The number of carboxylic acids is 1. The second-order valence-corrected chi connectivity index (χ2v) is 4.40. The molecule has 0 radical (unpaired) electrons. The lowest BCUT2D eigenvalue weighted by Crippen LogP contribution is -2.09. The van der Waals surface area contributed by atoms with Crippen molar-refractivity contribution in [3.05, 3.63) is 29.8 Å². The number of methoxy groups -OCH3 is 1. The normalized spacial score (nSPS) is 10.6. The fourth-order valence-corrected chi connectivity index (χ4v) is 1.70. The maximum atomic E-state index is 11.1. The molecular weight excluding hydrogens is 260 g/mol. The maximum absolute atomic E-state index is 11.1. The van der Waals surface area contributed by atoms with Crippen molar-refractivity contribution in [1.82, 2.24) is 19.9 Å². The number of hydrogen-bond acceptors (Lipinski definition) is 6. The Balaban J connectivity index is 2.52. The number of hydrogen-bond donors (Lipinski definition) is 1. The van der Waals surface area contributed by atoms with E-state index in [1.165, 1.54) is 19.6 Å². The number of aromatic nitrogens is 4. The lowest BCUT2D eigenvalue weighted by atomic mass is 10.1. The maximum Gasteiger partial charge on any atom is 0.339 e. The molecule has 1 N–H and O–H groups in total. The van der Waals surface area contributed by atoms with Crippen LogP contribution in [0.1, 0.15) is 35.8 Å². The first-order valence-corrected chi connectivity index (χ1v) is 5.99. The molecule has 0 aromatic carbocycles. The minimum atomic E-state index is -1.04. The molecule has 7 nitrogen and oxygen atoms in total. The summed E-state index contributed by atoms with van der Waals surface area (Å²) in [6.45, 7) is 3.75. The molecule has 0 amide bonds. The number of ether oxygens (including phenoxy) is 1. The molecule has 2 heterocycles. The minimum Gasteiger partial charge on any atom is -0.481 e. The van der Waals surface area contributed by atoms with E-state index in [4.69, 9.17) is 9.84 Å². The van der Waals surface area contributed by atoms with E-state index in [-0.39, 0.29) is 11.5 Å². The van der Waals surface area contributed by atoms with E-state index in [1.807, 2.05) is 13.8 Å². The lowest BCUT2D eigenvalue weighted by molar-refractivity contribution is 0.0694. The van der Waals surface area contributed by atoms with Crippen LogP contribution >= 0.6 is 0 Å². The van der Waals surface area contributed by atoms with Crippen LogP contribution in [-0.2, 0) is 0 Å². The summed E-state index contributed by atoms with van der Waals surface area (Å²) in [5.74, 6) is -0.335. The van der Waals surface area contributed by atoms with E-state index in [0.29, 0.717) is 23.1 Å². The summed E-state index contributed by atoms with van der Waals surface area (Å²) in [5, 5.41) is 9.13. The Morgan fingerprint density at radius 3 is 2.65 bits per heavy atom. The third-order valence-corrected chi connectivity index (χ3v) is 2.68. The van der Waals surface area contributed by atoms with Crippen molar-refractivity contribution in [2.45, 2.75) is 19.8 Å². The summed E-state index contributed by atoms with van der Waals surface area (Å²) in [6.07, 6.45) is 2.65. The van der Waals surface area contributed by atoms with Gasteiger partial charge in [0.2, 0.25) is 5.88 Å². The predicted octanol–water partition coefficient (Wildman–Crippen LogP) is 1.76. The van der Waals surface area contributed by atoms with E-state index >= 15 is 0 Å². The highest BCUT2D eigenvalue weighted by Gasteiger charge is 2.17. The number of aromatic carboxylic acids is 1. The van der Waals surface area contributed by atoms with Crippen LogP contribution in [0.3, 0.4) is 0 Å². The Kier molecular flexibility index (Phi) is 3.88. The van der Waals surface area contributed by atoms with Crippen molar-refractivity contribution >= 4 is 5.97 Å². The van der Waals surface area contributed by atoms with Crippen molar-refractivity contribution in [1.29, 1.82) is 0 Å². The molecule has 0 spiro atoms. The van der Waals surface area contributed by atoms with Gasteiger partial charge in [0.15, 0.2) is 5.82 Å². The molecule has 2 rings (SSSR count). The minimum absolute atomic E-state index is 0.0356. The standard InChI is InChI=1S/C13H14N4O3/c1-7(2)11-8(13(18)19)5-14-12(17-11)9-4-10(20-3)16-6-15-9/h4-7H,1-3H3,(H,18,19). The van der Waals surface area contributed by atoms with E-state index in [9.17, 15) is 4.79 Å². The van der Waals surface area contributed by atoms with Gasteiger partial charge in [-0.2, -0.15) is 0 Å². The number of nitrogens with zero attached hydrogens (tertiary/aromatic N) is 4. The molecular formula is C13H14N4O3. The van der Waals surface area contributed by atoms with Gasteiger partial charge in [0, 0.05) is 12.3 Å². The molecule has 20 heavy (non-hydrogen) atoms. The highest BCUT2D eigenvalue weighted by Crippen LogP contribution is 2.21. The van der Waals surface area contributed by atoms with Crippen LogP contribution in [0.15, 0.2) is 18.6 Å². The van der Waals surface area contributed by atoms with Crippen molar-refractivity contribution in [2.24, 2.45) is 0 Å². The summed E-state index contributed by atoms with van der Waals surface area (Å²) in [6, 6.07) is 1.60. The molecule has 0 bridgehead atoms. The van der Waals surface area contributed by atoms with Gasteiger partial charge in [-0.25, -0.2) is 24.7 Å². The molecule has 2 aromatic rings. The Labute approximate surface area is 115 Å². The van der Waals surface area contributed by atoms with Crippen LogP contribution in [0.4, 0.5) is 0 Å². The molecule has 0 fully saturated rings. The Bertz CT molecular complexity index is 643. The van der Waals surface area contributed by atoms with Gasteiger partial charge in [0.1, 0.15) is 12.0 Å². The van der Waals surface area contributed by atoms with Gasteiger partial charge in [0.25, 0.3) is 0 Å². The number of carboxylic acid groups (broad SMARTS) is 1. The second-order valence-electron chi connectivity index (χ2n) is 4.40. The average molecular weight is 274 g/mol. The Morgan fingerprint density at radius 2 is 2.05 bits per heavy atom. The molecule has 0 saturated heterocycles. The molecule has 0 aliphatic carbocycles. The predicted molar refractivity (Wildman–Crippen MR) is 70.7 cm³/mol. The van der Waals surface area contributed by atoms with Gasteiger partial charge in [-0.1, -0.05) is 13.8 Å². The molecule has 0 saturated carbocycles. The van der Waals surface area contributed by atoms with Crippen LogP contribution in [0, 0.1) is 0 Å². The van der Waals surface area contributed by atoms with Crippen LogP contribution in [0.25, 0.3) is 11.5 Å². The topological polar surface area (TPSA) is 98.1 Å². The molecule has 0 aliphatic rings. The van der Waals surface area contributed by atoms with Gasteiger partial charge in [-0.15, -0.1) is 0 Å². The van der Waals surface area contributed by atoms with Crippen molar-refractivity contribution in [3.63, 3.8) is 0 Å². The average Bonchev–Trinajstić information content (AvgIpc) is 2.46. The van der Waals surface area contributed by atoms with Crippen molar-refractivity contribution < 1.29 is 14.6 Å². The van der Waals surface area contributed by atoms with Crippen molar-refractivity contribution in [3.8, 4) is 17.4 Å². The van der Waals surface area contributed by atoms with E-state index in [1.54, 1.807) is 6.07 Å². The zero-order valence-electron chi connectivity index (χ0n) is 11.4. The van der Waals surface area contributed by atoms with Gasteiger partial charge in [-0.3, -0.25) is 0 Å². The first-order valence-electron chi connectivity index (χ1n) is 5.99. The molecule has 0 atom stereocenters. The number of carbonyl (C=O) groups is 1. The second kappa shape index (κ2) is 5.60. The zero-order valence-corrected chi connectivity index (χ0v) is 11.4. The van der Waals surface area contributed by atoms with Crippen LogP contribution in [0.2, 0.25) is 0 Å². The first kappa shape index (κ1) is 13.9. The van der Waals surface area contributed by atoms with Crippen LogP contribution in [0.5, 0.6) is 5.88 Å². The molecule has 104 valence electrons. The lowest BCUT2D eigenvalue weighted by Gasteiger charge is -2.10.